The molecule has 1 fully saturated rings. The molecule has 1 unspecified atom stereocenters. The number of hydrogen-bond acceptors (Lipinski definition) is 2. The van der Waals surface area contributed by atoms with Crippen LogP contribution in [0.25, 0.3) is 0 Å². The van der Waals surface area contributed by atoms with Gasteiger partial charge in [0.25, 0.3) is 0 Å². The highest BCUT2D eigenvalue weighted by Gasteiger charge is 2.22. The Morgan fingerprint density at radius 1 is 1.43 bits per heavy atom. The number of rotatable bonds is 7. The van der Waals surface area contributed by atoms with E-state index in [1.807, 2.05) is 24.3 Å². The van der Waals surface area contributed by atoms with Crippen LogP contribution in [-0.4, -0.2) is 31.5 Å². The van der Waals surface area contributed by atoms with E-state index in [1.165, 1.54) is 0 Å². The largest absolute Gasteiger partial charge is 0.356 e. The van der Waals surface area contributed by atoms with Crippen molar-refractivity contribution in [2.45, 2.75) is 44.7 Å². The first-order valence-electron chi connectivity index (χ1n) is 8.10. The van der Waals surface area contributed by atoms with Crippen molar-refractivity contribution in [2.75, 3.05) is 13.6 Å². The smallest absolute Gasteiger partial charge is 0.220 e. The molecule has 1 aromatic carbocycles. The van der Waals surface area contributed by atoms with Crippen molar-refractivity contribution >= 4 is 23.5 Å². The summed E-state index contributed by atoms with van der Waals surface area (Å²) in [5, 5.41) is 10.3. The van der Waals surface area contributed by atoms with Crippen molar-refractivity contribution in [1.29, 1.82) is 0 Å². The van der Waals surface area contributed by atoms with Crippen molar-refractivity contribution in [3.05, 3.63) is 34.9 Å². The van der Waals surface area contributed by atoms with Gasteiger partial charge in [0.05, 0.1) is 6.04 Å². The summed E-state index contributed by atoms with van der Waals surface area (Å²) in [6.07, 6.45) is 3.58. The third-order valence-electron chi connectivity index (χ3n) is 3.74. The molecule has 0 aliphatic heterocycles. The lowest BCUT2D eigenvalue weighted by Gasteiger charge is -2.18. The average molecular weight is 337 g/mol. The summed E-state index contributed by atoms with van der Waals surface area (Å²) in [6.45, 7) is 2.77. The first-order chi connectivity index (χ1) is 11.1. The molecule has 1 aliphatic rings. The normalized spacial score (nSPS) is 15.9. The van der Waals surface area contributed by atoms with Crippen LogP contribution in [0, 0.1) is 0 Å². The Balaban J connectivity index is 1.69. The Kier molecular flexibility index (Phi) is 6.71. The minimum absolute atomic E-state index is 0.0954. The summed E-state index contributed by atoms with van der Waals surface area (Å²) in [4.78, 5) is 15.8. The van der Waals surface area contributed by atoms with Crippen LogP contribution in [0.5, 0.6) is 0 Å². The second-order valence-electron chi connectivity index (χ2n) is 5.87. The molecule has 23 heavy (non-hydrogen) atoms. The van der Waals surface area contributed by atoms with Gasteiger partial charge in [-0.25, -0.2) is 0 Å². The van der Waals surface area contributed by atoms with Crippen LogP contribution in [-0.2, 0) is 4.79 Å². The Morgan fingerprint density at radius 3 is 2.87 bits per heavy atom. The van der Waals surface area contributed by atoms with Crippen molar-refractivity contribution in [1.82, 2.24) is 16.0 Å². The Bertz CT molecular complexity index is 557. The molecule has 5 nitrogen and oxygen atoms in total. The van der Waals surface area contributed by atoms with Gasteiger partial charge in [-0.05, 0) is 43.9 Å². The molecule has 1 aliphatic carbocycles. The zero-order chi connectivity index (χ0) is 16.7. The second-order valence-corrected chi connectivity index (χ2v) is 6.30. The summed E-state index contributed by atoms with van der Waals surface area (Å²) >= 11 is 6.02. The third-order valence-corrected chi connectivity index (χ3v) is 3.98. The lowest BCUT2D eigenvalue weighted by atomic mass is 10.1. The van der Waals surface area contributed by atoms with E-state index in [1.54, 1.807) is 7.05 Å². The van der Waals surface area contributed by atoms with Crippen LogP contribution in [0.15, 0.2) is 29.3 Å². The Morgan fingerprint density at radius 2 is 2.22 bits per heavy atom. The van der Waals surface area contributed by atoms with Crippen LogP contribution in [0.3, 0.4) is 0 Å². The molecule has 3 N–H and O–H groups in total. The summed E-state index contributed by atoms with van der Waals surface area (Å²) in [5.74, 6) is 0.865. The molecule has 2 rings (SSSR count). The fraction of sp³-hybridized carbons (Fsp3) is 0.529. The predicted molar refractivity (Wildman–Crippen MR) is 94.8 cm³/mol. The molecular formula is C17H25ClN4O. The number of nitrogens with one attached hydrogen (secondary N) is 3. The quantitative estimate of drug-likeness (QED) is 0.407. The fourth-order valence-corrected chi connectivity index (χ4v) is 2.44. The maximum Gasteiger partial charge on any atom is 0.220 e. The molecular weight excluding hydrogens is 312 g/mol. The minimum Gasteiger partial charge on any atom is -0.356 e. The van der Waals surface area contributed by atoms with Crippen molar-refractivity contribution in [3.63, 3.8) is 0 Å². The van der Waals surface area contributed by atoms with E-state index in [2.05, 4.69) is 27.9 Å². The molecule has 1 saturated carbocycles. The van der Waals surface area contributed by atoms with E-state index in [0.717, 1.165) is 35.8 Å². The number of carbonyl (C=O) groups excluding carboxylic acids is 1. The fourth-order valence-electron chi connectivity index (χ4n) is 2.24. The van der Waals surface area contributed by atoms with Crippen molar-refractivity contribution in [2.24, 2.45) is 4.99 Å². The zero-order valence-corrected chi connectivity index (χ0v) is 14.5. The number of benzene rings is 1. The summed E-state index contributed by atoms with van der Waals surface area (Å²) in [5.41, 5.74) is 1.10. The van der Waals surface area contributed by atoms with Crippen LogP contribution in [0.4, 0.5) is 0 Å². The van der Waals surface area contributed by atoms with Gasteiger partial charge in [-0.3, -0.25) is 9.79 Å². The van der Waals surface area contributed by atoms with Gasteiger partial charge in [0.2, 0.25) is 5.91 Å². The first-order valence-corrected chi connectivity index (χ1v) is 8.48. The van der Waals surface area contributed by atoms with Gasteiger partial charge in [-0.2, -0.15) is 0 Å². The highest BCUT2D eigenvalue weighted by molar-refractivity contribution is 6.30. The van der Waals surface area contributed by atoms with Crippen LogP contribution >= 0.6 is 11.6 Å². The van der Waals surface area contributed by atoms with Gasteiger partial charge in [0, 0.05) is 31.1 Å². The highest BCUT2D eigenvalue weighted by atomic mass is 35.5. The number of halogens is 1. The van der Waals surface area contributed by atoms with Crippen molar-refractivity contribution < 1.29 is 4.79 Å². The summed E-state index contributed by atoms with van der Waals surface area (Å²) in [6, 6.07) is 8.29. The monoisotopic (exact) mass is 336 g/mol. The van der Waals surface area contributed by atoms with E-state index in [9.17, 15) is 4.79 Å². The minimum atomic E-state index is 0.0954. The molecule has 0 spiro atoms. The van der Waals surface area contributed by atoms with E-state index < -0.39 is 0 Å². The van der Waals surface area contributed by atoms with Gasteiger partial charge in [0.15, 0.2) is 5.96 Å². The van der Waals surface area contributed by atoms with Crippen LogP contribution in [0.2, 0.25) is 5.02 Å². The lowest BCUT2D eigenvalue weighted by Crippen LogP contribution is -2.39. The zero-order valence-electron chi connectivity index (χ0n) is 13.7. The molecule has 0 heterocycles. The highest BCUT2D eigenvalue weighted by Crippen LogP contribution is 2.18. The number of nitrogens with zero attached hydrogens (tertiary/aromatic N) is 1. The molecule has 1 atom stereocenters. The molecule has 1 amide bonds. The van der Waals surface area contributed by atoms with Gasteiger partial charge in [-0.1, -0.05) is 23.7 Å². The van der Waals surface area contributed by atoms with E-state index >= 15 is 0 Å². The van der Waals surface area contributed by atoms with Gasteiger partial charge >= 0.3 is 0 Å². The van der Waals surface area contributed by atoms with E-state index in [-0.39, 0.29) is 11.9 Å². The molecule has 0 saturated heterocycles. The number of carbonyl (C=O) groups is 1. The standard InChI is InChI=1S/C17H25ClN4O/c1-12(13-5-3-6-14(18)11-13)21-17(19-2)20-10-4-7-16(23)22-15-8-9-15/h3,5-6,11-12,15H,4,7-10H2,1-2H3,(H,22,23)(H2,19,20,21). The average Bonchev–Trinajstić information content (AvgIpc) is 3.34. The Labute approximate surface area is 142 Å². The maximum atomic E-state index is 11.6. The maximum absolute atomic E-state index is 11.6. The molecule has 6 heteroatoms. The summed E-state index contributed by atoms with van der Waals surface area (Å²) < 4.78 is 0. The first kappa shape index (κ1) is 17.6. The Hall–Kier alpha value is -1.75. The summed E-state index contributed by atoms with van der Waals surface area (Å²) in [7, 11) is 1.74. The molecule has 0 radical (unpaired) electrons. The van der Waals surface area contributed by atoms with E-state index in [4.69, 9.17) is 11.6 Å². The SMILES string of the molecule is CN=C(NCCCC(=O)NC1CC1)NC(C)c1cccc(Cl)c1. The number of hydrogen-bond donors (Lipinski definition) is 3. The van der Waals surface area contributed by atoms with Crippen LogP contribution in [0.1, 0.15) is 44.2 Å². The third kappa shape index (κ3) is 6.48. The molecule has 126 valence electrons. The number of amides is 1. The molecule has 1 aromatic rings. The van der Waals surface area contributed by atoms with E-state index in [0.29, 0.717) is 19.0 Å². The van der Waals surface area contributed by atoms with Crippen molar-refractivity contribution in [3.8, 4) is 0 Å². The number of guanidine groups is 1. The lowest BCUT2D eigenvalue weighted by molar-refractivity contribution is -0.121. The van der Waals surface area contributed by atoms with Gasteiger partial charge in [0.1, 0.15) is 0 Å². The van der Waals surface area contributed by atoms with Crippen LogP contribution < -0.4 is 16.0 Å². The van der Waals surface area contributed by atoms with Gasteiger partial charge < -0.3 is 16.0 Å². The number of aliphatic imine (C=N–C) groups is 1. The second kappa shape index (κ2) is 8.77. The van der Waals surface area contributed by atoms with Gasteiger partial charge in [-0.15, -0.1) is 0 Å². The molecule has 0 aromatic heterocycles. The molecule has 0 bridgehead atoms. The predicted octanol–water partition coefficient (Wildman–Crippen LogP) is 2.62. The topological polar surface area (TPSA) is 65.5 Å².